The van der Waals surface area contributed by atoms with Crippen LogP contribution in [0, 0.1) is 5.92 Å². The van der Waals surface area contributed by atoms with Crippen molar-refractivity contribution in [3.05, 3.63) is 0 Å². The van der Waals surface area contributed by atoms with Crippen molar-refractivity contribution in [3.63, 3.8) is 0 Å². The summed E-state index contributed by atoms with van der Waals surface area (Å²) in [6.45, 7) is 4.33. The van der Waals surface area contributed by atoms with E-state index in [1.165, 1.54) is 6.92 Å². The molecule has 0 saturated heterocycles. The Balaban J connectivity index is 3.21. The first-order valence-electron chi connectivity index (χ1n) is 3.47. The maximum absolute atomic E-state index is 10.4. The first kappa shape index (κ1) is 9.76. The third-order valence-electron chi connectivity index (χ3n) is 1.30. The van der Waals surface area contributed by atoms with Crippen LogP contribution in [0.2, 0.25) is 0 Å². The Kier molecular flexibility index (Phi) is 5.40. The highest BCUT2D eigenvalue weighted by Crippen LogP contribution is 2.00. The fourth-order valence-electron chi connectivity index (χ4n) is 0.606. The molecule has 2 nitrogen and oxygen atoms in total. The Morgan fingerprint density at radius 1 is 1.70 bits per heavy atom. The van der Waals surface area contributed by atoms with Gasteiger partial charge in [-0.3, -0.25) is 4.79 Å². The zero-order chi connectivity index (χ0) is 7.98. The number of hydrogen-bond donors (Lipinski definition) is 1. The van der Waals surface area contributed by atoms with E-state index in [1.807, 2.05) is 0 Å². The highest BCUT2D eigenvalue weighted by molar-refractivity contribution is 6.17. The first-order chi connectivity index (χ1) is 4.66. The van der Waals surface area contributed by atoms with Gasteiger partial charge in [0.15, 0.2) is 0 Å². The molecule has 0 saturated carbocycles. The highest BCUT2D eigenvalue weighted by atomic mass is 35.5. The van der Waals surface area contributed by atoms with Gasteiger partial charge in [0, 0.05) is 19.3 Å². The molecule has 10 heavy (non-hydrogen) atoms. The predicted octanol–water partition coefficient (Wildman–Crippen LogP) is 1.39. The summed E-state index contributed by atoms with van der Waals surface area (Å²) >= 11 is 5.50. The van der Waals surface area contributed by atoms with Crippen LogP contribution in [0.25, 0.3) is 0 Å². The molecule has 0 aromatic rings. The van der Waals surface area contributed by atoms with Gasteiger partial charge < -0.3 is 5.32 Å². The van der Waals surface area contributed by atoms with Crippen LogP contribution in [0.3, 0.4) is 0 Å². The number of carbonyl (C=O) groups excluding carboxylic acids is 1. The van der Waals surface area contributed by atoms with E-state index in [9.17, 15) is 4.79 Å². The minimum atomic E-state index is 0.0291. The summed E-state index contributed by atoms with van der Waals surface area (Å²) < 4.78 is 0. The van der Waals surface area contributed by atoms with E-state index >= 15 is 0 Å². The molecule has 0 bridgehead atoms. The van der Waals surface area contributed by atoms with E-state index in [-0.39, 0.29) is 5.91 Å². The summed E-state index contributed by atoms with van der Waals surface area (Å²) in [6.07, 6.45) is 0.960. The number of hydrogen-bond acceptors (Lipinski definition) is 1. The number of amides is 1. The molecule has 0 radical (unpaired) electrons. The van der Waals surface area contributed by atoms with E-state index < -0.39 is 0 Å². The Morgan fingerprint density at radius 3 is 2.70 bits per heavy atom. The van der Waals surface area contributed by atoms with Crippen molar-refractivity contribution in [2.45, 2.75) is 20.3 Å². The van der Waals surface area contributed by atoms with E-state index in [4.69, 9.17) is 11.6 Å². The fraction of sp³-hybridized carbons (Fsp3) is 0.857. The van der Waals surface area contributed by atoms with Gasteiger partial charge in [0.05, 0.1) is 0 Å². The van der Waals surface area contributed by atoms with Gasteiger partial charge in [-0.15, -0.1) is 11.6 Å². The number of carbonyl (C=O) groups is 1. The second-order valence-electron chi connectivity index (χ2n) is 2.52. The van der Waals surface area contributed by atoms with Crippen molar-refractivity contribution in [1.29, 1.82) is 0 Å². The van der Waals surface area contributed by atoms with Gasteiger partial charge in [-0.05, 0) is 12.3 Å². The van der Waals surface area contributed by atoms with Crippen LogP contribution >= 0.6 is 11.6 Å². The zero-order valence-electron chi connectivity index (χ0n) is 6.48. The standard InChI is InChI=1S/C7H14ClNO/c1-6(3-4-8)5-9-7(2)10/h6H,3-5H2,1-2H3,(H,9,10). The van der Waals surface area contributed by atoms with Gasteiger partial charge in [-0.1, -0.05) is 6.92 Å². The monoisotopic (exact) mass is 163 g/mol. The molecule has 1 atom stereocenters. The summed E-state index contributed by atoms with van der Waals surface area (Å²) in [7, 11) is 0. The molecule has 0 aliphatic rings. The quantitative estimate of drug-likeness (QED) is 0.624. The summed E-state index contributed by atoms with van der Waals surface area (Å²) in [4.78, 5) is 10.4. The van der Waals surface area contributed by atoms with E-state index in [2.05, 4.69) is 12.2 Å². The Morgan fingerprint density at radius 2 is 2.30 bits per heavy atom. The lowest BCUT2D eigenvalue weighted by Gasteiger charge is -2.08. The minimum absolute atomic E-state index is 0.0291. The minimum Gasteiger partial charge on any atom is -0.356 e. The predicted molar refractivity (Wildman–Crippen MR) is 43.2 cm³/mol. The lowest BCUT2D eigenvalue weighted by atomic mass is 10.1. The zero-order valence-corrected chi connectivity index (χ0v) is 7.24. The fourth-order valence-corrected chi connectivity index (χ4v) is 0.979. The molecule has 0 rings (SSSR count). The molecule has 0 aliphatic heterocycles. The van der Waals surface area contributed by atoms with Crippen LogP contribution in [0.4, 0.5) is 0 Å². The van der Waals surface area contributed by atoms with E-state index in [0.29, 0.717) is 11.8 Å². The molecule has 0 aromatic carbocycles. The molecule has 1 N–H and O–H groups in total. The lowest BCUT2D eigenvalue weighted by molar-refractivity contribution is -0.119. The molecular formula is C7H14ClNO. The number of rotatable bonds is 4. The normalized spacial score (nSPS) is 12.7. The molecule has 0 spiro atoms. The highest BCUT2D eigenvalue weighted by Gasteiger charge is 2.00. The van der Waals surface area contributed by atoms with Crippen LogP contribution in [0.1, 0.15) is 20.3 Å². The average molecular weight is 164 g/mol. The maximum atomic E-state index is 10.4. The largest absolute Gasteiger partial charge is 0.356 e. The second-order valence-corrected chi connectivity index (χ2v) is 2.90. The van der Waals surface area contributed by atoms with Crippen LogP contribution in [-0.2, 0) is 4.79 Å². The van der Waals surface area contributed by atoms with Gasteiger partial charge in [-0.25, -0.2) is 0 Å². The Labute approximate surface area is 66.9 Å². The van der Waals surface area contributed by atoms with Gasteiger partial charge in [0.25, 0.3) is 0 Å². The van der Waals surface area contributed by atoms with Gasteiger partial charge in [0.2, 0.25) is 5.91 Å². The molecule has 0 aliphatic carbocycles. The summed E-state index contributed by atoms with van der Waals surface area (Å²) in [5.74, 6) is 1.18. The van der Waals surface area contributed by atoms with Crippen LogP contribution in [0.15, 0.2) is 0 Å². The van der Waals surface area contributed by atoms with Crippen molar-refractivity contribution in [1.82, 2.24) is 5.32 Å². The smallest absolute Gasteiger partial charge is 0.216 e. The maximum Gasteiger partial charge on any atom is 0.216 e. The Bertz CT molecular complexity index is 106. The molecule has 0 heterocycles. The second kappa shape index (κ2) is 5.54. The lowest BCUT2D eigenvalue weighted by Crippen LogP contribution is -2.25. The van der Waals surface area contributed by atoms with Crippen molar-refractivity contribution >= 4 is 17.5 Å². The van der Waals surface area contributed by atoms with Gasteiger partial charge in [0.1, 0.15) is 0 Å². The SMILES string of the molecule is CC(=O)NCC(C)CCCl. The molecule has 1 amide bonds. The van der Waals surface area contributed by atoms with E-state index in [1.54, 1.807) is 0 Å². The average Bonchev–Trinajstić information content (AvgIpc) is 1.85. The summed E-state index contributed by atoms with van der Waals surface area (Å²) in [5, 5.41) is 2.73. The van der Waals surface area contributed by atoms with Crippen molar-refractivity contribution in [3.8, 4) is 0 Å². The van der Waals surface area contributed by atoms with Crippen LogP contribution in [0.5, 0.6) is 0 Å². The Hall–Kier alpha value is -0.240. The van der Waals surface area contributed by atoms with E-state index in [0.717, 1.165) is 13.0 Å². The molecule has 0 aromatic heterocycles. The van der Waals surface area contributed by atoms with Gasteiger partial charge >= 0.3 is 0 Å². The van der Waals surface area contributed by atoms with Crippen molar-refractivity contribution in [2.24, 2.45) is 5.92 Å². The third kappa shape index (κ3) is 5.89. The van der Waals surface area contributed by atoms with Crippen molar-refractivity contribution < 1.29 is 4.79 Å². The molecule has 0 fully saturated rings. The number of halogens is 1. The summed E-state index contributed by atoms with van der Waals surface area (Å²) in [5.41, 5.74) is 0. The molecule has 1 unspecified atom stereocenters. The molecule has 60 valence electrons. The van der Waals surface area contributed by atoms with Gasteiger partial charge in [-0.2, -0.15) is 0 Å². The van der Waals surface area contributed by atoms with Crippen molar-refractivity contribution in [2.75, 3.05) is 12.4 Å². The summed E-state index contributed by atoms with van der Waals surface area (Å²) in [6, 6.07) is 0. The third-order valence-corrected chi connectivity index (χ3v) is 1.52. The topological polar surface area (TPSA) is 29.1 Å². The van der Waals surface area contributed by atoms with Crippen LogP contribution in [-0.4, -0.2) is 18.3 Å². The van der Waals surface area contributed by atoms with Crippen LogP contribution < -0.4 is 5.32 Å². The number of nitrogens with one attached hydrogen (secondary N) is 1. The number of alkyl halides is 1. The first-order valence-corrected chi connectivity index (χ1v) is 4.00. The molecule has 3 heteroatoms. The molecular weight excluding hydrogens is 150 g/mol.